The molecule has 7 rings (SSSR count). The molecule has 15 nitrogen and oxygen atoms in total. The first-order valence-corrected chi connectivity index (χ1v) is 22.4. The molecular weight excluding hydrogens is 864 g/mol. The number of rotatable bonds is 10. The molecule has 62 heavy (non-hydrogen) atoms. The molecule has 7 aromatic rings. The summed E-state index contributed by atoms with van der Waals surface area (Å²) < 4.78 is 7.48. The number of hydrogen-bond acceptors (Lipinski definition) is 14. The van der Waals surface area contributed by atoms with Crippen molar-refractivity contribution in [1.82, 2.24) is 21.0 Å². The van der Waals surface area contributed by atoms with Crippen molar-refractivity contribution in [2.75, 3.05) is 17.3 Å². The smallest absolute Gasteiger partial charge is 0.269 e. The molecule has 3 aromatic heterocycles. The number of nitriles is 2. The zero-order chi connectivity index (χ0) is 44.8. The van der Waals surface area contributed by atoms with Crippen molar-refractivity contribution in [3.05, 3.63) is 141 Å². The van der Waals surface area contributed by atoms with E-state index in [1.54, 1.807) is 49.4 Å². The molecule has 0 saturated heterocycles. The zero-order valence-corrected chi connectivity index (χ0v) is 36.4. The van der Waals surface area contributed by atoms with Gasteiger partial charge in [0.05, 0.1) is 48.6 Å². The second-order valence-electron chi connectivity index (χ2n) is 13.0. The molecule has 6 N–H and O–H groups in total. The SMILES string of the molecule is CP=S.[C-]#[N+]c1ccc(N[C@@H](C(=O)NNC(=O)c2ccc(C#N)cc2)[C@@H](C)O)c2ccsc12.[C-]#[N+]c1ccc(N[C@@H](c2nnc(-c3ccc(C#N)cc3)o2)[C@@H](C)O)c2ccsc12. The van der Waals surface area contributed by atoms with Gasteiger partial charge < -0.3 is 25.3 Å². The molecular formula is C43H35N10O5PS3. The first-order chi connectivity index (χ1) is 30.0. The van der Waals surface area contributed by atoms with E-state index in [2.05, 4.69) is 59.2 Å². The Morgan fingerprint density at radius 2 is 1.29 bits per heavy atom. The fourth-order valence-corrected chi connectivity index (χ4v) is 7.54. The Balaban J connectivity index is 0.000000220. The minimum Gasteiger partial charge on any atom is -0.418 e. The summed E-state index contributed by atoms with van der Waals surface area (Å²) in [6.45, 7) is 19.6. The number of hydrogen-bond donors (Lipinski definition) is 6. The number of amides is 2. The van der Waals surface area contributed by atoms with E-state index >= 15 is 0 Å². The summed E-state index contributed by atoms with van der Waals surface area (Å²) in [7, 11) is 1.00. The largest absolute Gasteiger partial charge is 0.418 e. The predicted molar refractivity (Wildman–Crippen MR) is 245 cm³/mol. The van der Waals surface area contributed by atoms with Gasteiger partial charge in [0.1, 0.15) is 12.1 Å². The summed E-state index contributed by atoms with van der Waals surface area (Å²) in [5.41, 5.74) is 8.99. The number of carbonyl (C=O) groups excluding carboxylic acids is 2. The average Bonchev–Trinajstić information content (AvgIpc) is 4.10. The van der Waals surface area contributed by atoms with Crippen LogP contribution in [-0.2, 0) is 16.6 Å². The lowest BCUT2D eigenvalue weighted by Gasteiger charge is -2.22. The fraction of sp³-hybridized carbons (Fsp3) is 0.163. The van der Waals surface area contributed by atoms with E-state index < -0.39 is 36.1 Å². The molecule has 0 fully saturated rings. The van der Waals surface area contributed by atoms with Crippen molar-refractivity contribution >= 4 is 96.6 Å². The Morgan fingerprint density at radius 3 is 1.77 bits per heavy atom. The monoisotopic (exact) mass is 898 g/mol. The maximum Gasteiger partial charge on any atom is 0.269 e. The fourth-order valence-electron chi connectivity index (χ4n) is 5.78. The van der Waals surface area contributed by atoms with Crippen LogP contribution in [-0.4, -0.2) is 57.1 Å². The summed E-state index contributed by atoms with van der Waals surface area (Å²) in [6.07, 6.45) is -1.87. The number of nitrogens with one attached hydrogen (secondary N) is 4. The van der Waals surface area contributed by atoms with E-state index in [0.717, 1.165) is 33.2 Å². The Hall–Kier alpha value is -7.12. The number of aliphatic hydroxyl groups is 2. The van der Waals surface area contributed by atoms with Crippen LogP contribution >= 0.6 is 30.0 Å². The van der Waals surface area contributed by atoms with Crippen molar-refractivity contribution in [2.45, 2.75) is 38.1 Å². The number of nitrogens with zero attached hydrogens (tertiary/aromatic N) is 6. The number of anilines is 2. The van der Waals surface area contributed by atoms with Gasteiger partial charge in [-0.15, -0.1) is 10.2 Å². The van der Waals surface area contributed by atoms with Crippen LogP contribution in [0.15, 0.2) is 100 Å². The molecule has 19 heteroatoms. The zero-order valence-electron chi connectivity index (χ0n) is 33.0. The quantitative estimate of drug-likeness (QED) is 0.0431. The number of thiophene rings is 2. The predicted octanol–water partition coefficient (Wildman–Crippen LogP) is 8.88. The standard InChI is InChI=1S/C21H17N5O3S.C21H15N5O2S.CH3PS/c1-12(27)18(24-16-7-8-17(23-2)19-15(16)9-10-30-19)21(29)26-25-20(28)14-5-3-13(11-22)4-6-14;1-12(27)18(24-16-7-8-17(23-2)19-15(16)9-10-29-19)21-26-25-20(28-21)14-5-3-13(11-22)4-6-14;1-2-3/h3-10,12,18,24,27H,1H3,(H,25,28)(H,26,29);3-10,12,18,24,27H,1H3;1H3/t2*12-,18-;/m11./s1. The lowest BCUT2D eigenvalue weighted by Crippen LogP contribution is -2.52. The van der Waals surface area contributed by atoms with Crippen molar-refractivity contribution in [2.24, 2.45) is 0 Å². The summed E-state index contributed by atoms with van der Waals surface area (Å²) in [6, 6.07) is 25.8. The summed E-state index contributed by atoms with van der Waals surface area (Å²) >= 11 is 7.28. The molecule has 3 heterocycles. The van der Waals surface area contributed by atoms with Gasteiger partial charge in [-0.05, 0) is 111 Å². The van der Waals surface area contributed by atoms with E-state index in [-0.39, 0.29) is 11.5 Å². The molecule has 0 aliphatic carbocycles. The van der Waals surface area contributed by atoms with Crippen molar-refractivity contribution in [3.63, 3.8) is 0 Å². The molecule has 0 unspecified atom stereocenters. The highest BCUT2D eigenvalue weighted by Crippen LogP contribution is 2.38. The third-order valence-corrected chi connectivity index (χ3v) is 10.7. The third-order valence-electron chi connectivity index (χ3n) is 8.85. The van der Waals surface area contributed by atoms with Gasteiger partial charge in [0.25, 0.3) is 11.8 Å². The van der Waals surface area contributed by atoms with Gasteiger partial charge in [-0.3, -0.25) is 20.4 Å². The Labute approximate surface area is 370 Å². The molecule has 0 bridgehead atoms. The topological polar surface area (TPSA) is 218 Å². The van der Waals surface area contributed by atoms with E-state index in [1.807, 2.05) is 41.7 Å². The van der Waals surface area contributed by atoms with Gasteiger partial charge in [-0.25, -0.2) is 9.69 Å². The second-order valence-corrected chi connectivity index (χ2v) is 16.3. The van der Waals surface area contributed by atoms with Crippen LogP contribution in [0.5, 0.6) is 0 Å². The van der Waals surface area contributed by atoms with Crippen LogP contribution in [0.1, 0.15) is 47.3 Å². The summed E-state index contributed by atoms with van der Waals surface area (Å²) in [5, 5.41) is 58.0. The van der Waals surface area contributed by atoms with Crippen molar-refractivity contribution in [3.8, 4) is 23.6 Å². The molecule has 0 radical (unpaired) electrons. The van der Waals surface area contributed by atoms with Crippen LogP contribution in [0.2, 0.25) is 0 Å². The third kappa shape index (κ3) is 11.2. The Kier molecular flexibility index (Phi) is 16.3. The number of aromatic nitrogens is 2. The van der Waals surface area contributed by atoms with Gasteiger partial charge >= 0.3 is 0 Å². The minimum absolute atomic E-state index is 0.247. The van der Waals surface area contributed by atoms with E-state index in [4.69, 9.17) is 28.1 Å². The highest BCUT2D eigenvalue weighted by atomic mass is 32.4. The van der Waals surface area contributed by atoms with Gasteiger partial charge in [0.2, 0.25) is 23.2 Å². The van der Waals surface area contributed by atoms with E-state index in [0.29, 0.717) is 39.6 Å². The molecule has 0 spiro atoms. The maximum atomic E-state index is 12.6. The molecule has 0 aliphatic heterocycles. The lowest BCUT2D eigenvalue weighted by molar-refractivity contribution is -0.124. The second kappa shape index (κ2) is 21.9. The van der Waals surface area contributed by atoms with Crippen LogP contribution in [0, 0.1) is 35.8 Å². The molecule has 0 saturated carbocycles. The molecule has 0 aliphatic rings. The molecule has 310 valence electrons. The highest BCUT2D eigenvalue weighted by Gasteiger charge is 2.27. The average molecular weight is 899 g/mol. The van der Waals surface area contributed by atoms with Crippen LogP contribution in [0.4, 0.5) is 22.7 Å². The van der Waals surface area contributed by atoms with E-state index in [9.17, 15) is 19.8 Å². The van der Waals surface area contributed by atoms with E-state index in [1.165, 1.54) is 53.9 Å². The number of carbonyl (C=O) groups is 2. The number of aliphatic hydroxyl groups excluding tert-OH is 2. The number of hydrazine groups is 1. The number of fused-ring (bicyclic) bond motifs is 2. The molecule has 2 amide bonds. The highest BCUT2D eigenvalue weighted by molar-refractivity contribution is 7.96. The molecule has 4 aromatic carbocycles. The van der Waals surface area contributed by atoms with Crippen LogP contribution < -0.4 is 21.5 Å². The Bertz CT molecular complexity index is 2870. The first kappa shape index (κ1) is 46.0. The first-order valence-electron chi connectivity index (χ1n) is 18.3. The maximum absolute atomic E-state index is 12.6. The normalized spacial score (nSPS) is 12.3. The van der Waals surface area contributed by atoms with Crippen molar-refractivity contribution < 1.29 is 24.2 Å². The van der Waals surface area contributed by atoms with Gasteiger partial charge in [0.15, 0.2) is 0 Å². The van der Waals surface area contributed by atoms with Crippen molar-refractivity contribution in [1.29, 1.82) is 10.5 Å². The van der Waals surface area contributed by atoms with Crippen LogP contribution in [0.25, 0.3) is 41.3 Å². The van der Waals surface area contributed by atoms with Gasteiger partial charge in [0, 0.05) is 42.7 Å². The van der Waals surface area contributed by atoms with Gasteiger partial charge in [-0.2, -0.15) is 33.2 Å². The van der Waals surface area contributed by atoms with Crippen LogP contribution in [0.3, 0.4) is 0 Å². The molecule has 4 atom stereocenters. The summed E-state index contributed by atoms with van der Waals surface area (Å²) in [4.78, 5) is 31.8. The Morgan fingerprint density at radius 1 is 0.774 bits per heavy atom. The number of benzene rings is 4. The van der Waals surface area contributed by atoms with Gasteiger partial charge in [-0.1, -0.05) is 23.9 Å². The minimum atomic E-state index is -1.06. The summed E-state index contributed by atoms with van der Waals surface area (Å²) in [5.74, 6) is -0.638. The lowest BCUT2D eigenvalue weighted by atomic mass is 10.1.